The van der Waals surface area contributed by atoms with E-state index in [2.05, 4.69) is 13.8 Å². The summed E-state index contributed by atoms with van der Waals surface area (Å²) < 4.78 is 5.54. The van der Waals surface area contributed by atoms with Gasteiger partial charge in [0.2, 0.25) is 0 Å². The van der Waals surface area contributed by atoms with E-state index in [1.165, 1.54) is 0 Å². The third-order valence-corrected chi connectivity index (χ3v) is 4.57. The summed E-state index contributed by atoms with van der Waals surface area (Å²) in [5.74, 6) is 1.17. The summed E-state index contributed by atoms with van der Waals surface area (Å²) in [5.41, 5.74) is 5.28. The van der Waals surface area contributed by atoms with Crippen molar-refractivity contribution < 1.29 is 9.53 Å². The number of ether oxygens (including phenoxy) is 1. The molecule has 4 atom stereocenters. The topological polar surface area (TPSA) is 55.6 Å². The molecular weight excluding hydrogens is 228 g/mol. The molecule has 1 amide bonds. The molecule has 1 aliphatic heterocycles. The van der Waals surface area contributed by atoms with Crippen LogP contribution in [0.4, 0.5) is 4.79 Å². The Hall–Kier alpha value is -0.770. The largest absolute Gasteiger partial charge is 0.444 e. The number of nitrogens with two attached hydrogens (primary N) is 1. The van der Waals surface area contributed by atoms with Gasteiger partial charge in [0.1, 0.15) is 5.60 Å². The Kier molecular flexibility index (Phi) is 3.13. The van der Waals surface area contributed by atoms with Crippen molar-refractivity contribution in [2.75, 3.05) is 6.54 Å². The Bertz CT molecular complexity index is 350. The van der Waals surface area contributed by atoms with Gasteiger partial charge in [-0.05, 0) is 52.4 Å². The van der Waals surface area contributed by atoms with E-state index in [1.807, 2.05) is 25.7 Å². The number of rotatable bonds is 1. The summed E-state index contributed by atoms with van der Waals surface area (Å²) in [6, 6.07) is 0.313. The van der Waals surface area contributed by atoms with Crippen molar-refractivity contribution in [2.45, 2.75) is 64.6 Å². The average molecular weight is 254 g/mol. The molecule has 0 aromatic carbocycles. The fourth-order valence-electron chi connectivity index (χ4n) is 3.81. The summed E-state index contributed by atoms with van der Waals surface area (Å²) in [6.45, 7) is 10.6. The number of likely N-dealkylation sites (tertiary alicyclic amines) is 1. The van der Waals surface area contributed by atoms with Crippen molar-refractivity contribution in [3.63, 3.8) is 0 Å². The molecule has 1 unspecified atom stereocenters. The van der Waals surface area contributed by atoms with E-state index in [1.54, 1.807) is 0 Å². The first-order chi connectivity index (χ1) is 8.19. The molecular formula is C14H26N2O2. The Morgan fingerprint density at radius 1 is 1.44 bits per heavy atom. The lowest BCUT2D eigenvalue weighted by atomic mass is 9.79. The van der Waals surface area contributed by atoms with Crippen molar-refractivity contribution >= 4 is 6.09 Å². The maximum absolute atomic E-state index is 12.4. The zero-order valence-electron chi connectivity index (χ0n) is 12.2. The van der Waals surface area contributed by atoms with Crippen LogP contribution in [-0.4, -0.2) is 34.7 Å². The van der Waals surface area contributed by atoms with E-state index >= 15 is 0 Å². The minimum atomic E-state index is -0.444. The Morgan fingerprint density at radius 2 is 2.06 bits per heavy atom. The normalized spacial score (nSPS) is 39.2. The molecule has 1 heterocycles. The molecule has 2 aliphatic rings. The quantitative estimate of drug-likeness (QED) is 0.781. The highest BCUT2D eigenvalue weighted by Crippen LogP contribution is 2.52. The van der Waals surface area contributed by atoms with Crippen molar-refractivity contribution in [2.24, 2.45) is 17.6 Å². The highest BCUT2D eigenvalue weighted by Gasteiger charge is 2.58. The molecule has 104 valence electrons. The maximum atomic E-state index is 12.4. The van der Waals surface area contributed by atoms with E-state index < -0.39 is 5.60 Å². The monoisotopic (exact) mass is 254 g/mol. The van der Waals surface area contributed by atoms with Crippen LogP contribution >= 0.6 is 0 Å². The molecule has 18 heavy (non-hydrogen) atoms. The lowest BCUT2D eigenvalue weighted by Gasteiger charge is -2.46. The maximum Gasteiger partial charge on any atom is 0.411 e. The highest BCUT2D eigenvalue weighted by atomic mass is 16.6. The van der Waals surface area contributed by atoms with Crippen molar-refractivity contribution in [3.8, 4) is 0 Å². The Balaban J connectivity index is 2.20. The van der Waals surface area contributed by atoms with E-state index in [-0.39, 0.29) is 11.6 Å². The van der Waals surface area contributed by atoms with Crippen LogP contribution in [0.15, 0.2) is 0 Å². The Labute approximate surface area is 110 Å². The zero-order valence-corrected chi connectivity index (χ0v) is 12.2. The molecule has 2 fully saturated rings. The van der Waals surface area contributed by atoms with Crippen LogP contribution in [0.3, 0.4) is 0 Å². The van der Waals surface area contributed by atoms with Gasteiger partial charge in [-0.25, -0.2) is 4.79 Å². The fourth-order valence-corrected chi connectivity index (χ4v) is 3.81. The van der Waals surface area contributed by atoms with Gasteiger partial charge in [0.15, 0.2) is 0 Å². The molecule has 0 aromatic heterocycles. The third kappa shape index (κ3) is 2.00. The molecule has 4 nitrogen and oxygen atoms in total. The molecule has 0 spiro atoms. The second-order valence-corrected chi connectivity index (χ2v) is 7.12. The minimum Gasteiger partial charge on any atom is -0.444 e. The molecule has 2 rings (SSSR count). The fraction of sp³-hybridized carbons (Fsp3) is 0.929. The second-order valence-electron chi connectivity index (χ2n) is 7.12. The number of nitrogens with zero attached hydrogens (tertiary/aromatic N) is 1. The average Bonchev–Trinajstić information content (AvgIpc) is 2.69. The molecule has 1 saturated carbocycles. The summed E-state index contributed by atoms with van der Waals surface area (Å²) in [5, 5.41) is 0. The van der Waals surface area contributed by atoms with Crippen LogP contribution in [0, 0.1) is 11.8 Å². The molecule has 0 aromatic rings. The van der Waals surface area contributed by atoms with Crippen molar-refractivity contribution in [1.29, 1.82) is 0 Å². The van der Waals surface area contributed by atoms with Crippen LogP contribution < -0.4 is 5.73 Å². The zero-order chi connectivity index (χ0) is 13.7. The van der Waals surface area contributed by atoms with E-state index in [4.69, 9.17) is 10.5 Å². The van der Waals surface area contributed by atoms with Crippen LogP contribution in [0.5, 0.6) is 0 Å². The lowest BCUT2D eigenvalue weighted by Crippen LogP contribution is -2.60. The first-order valence-corrected chi connectivity index (χ1v) is 6.91. The number of fused-ring (bicyclic) bond motifs is 2. The Morgan fingerprint density at radius 3 is 2.56 bits per heavy atom. The van der Waals surface area contributed by atoms with E-state index in [0.29, 0.717) is 24.4 Å². The molecule has 0 radical (unpaired) electrons. The van der Waals surface area contributed by atoms with Gasteiger partial charge in [-0.3, -0.25) is 4.90 Å². The number of hydrogen-bond acceptors (Lipinski definition) is 3. The summed E-state index contributed by atoms with van der Waals surface area (Å²) >= 11 is 0. The summed E-state index contributed by atoms with van der Waals surface area (Å²) in [4.78, 5) is 14.3. The van der Waals surface area contributed by atoms with E-state index in [9.17, 15) is 4.79 Å². The summed E-state index contributed by atoms with van der Waals surface area (Å²) in [6.07, 6.45) is 1.96. The summed E-state index contributed by atoms with van der Waals surface area (Å²) in [7, 11) is 0. The lowest BCUT2D eigenvalue weighted by molar-refractivity contribution is -0.0189. The standard InChI is InChI=1S/C14H26N2O2/c1-9-6-10-7-11(9)14(5,8-15)16(10)12(17)18-13(2,3)4/h9-11H,6-8,15H2,1-5H3/t9-,10?,11+,14+/m1/s1. The SMILES string of the molecule is C[C@@H]1CC2C[C@@H]1[C@](C)(CN)N2C(=O)OC(C)(C)C. The number of amides is 1. The van der Waals surface area contributed by atoms with Crippen LogP contribution in [-0.2, 0) is 4.74 Å². The van der Waals surface area contributed by atoms with Crippen molar-refractivity contribution in [3.05, 3.63) is 0 Å². The van der Waals surface area contributed by atoms with Gasteiger partial charge < -0.3 is 10.5 Å². The van der Waals surface area contributed by atoms with Gasteiger partial charge in [-0.2, -0.15) is 0 Å². The first kappa shape index (κ1) is 13.7. The van der Waals surface area contributed by atoms with Gasteiger partial charge in [0.25, 0.3) is 0 Å². The third-order valence-electron chi connectivity index (χ3n) is 4.57. The molecule has 2 bridgehead atoms. The second kappa shape index (κ2) is 4.12. The first-order valence-electron chi connectivity index (χ1n) is 6.91. The molecule has 1 aliphatic carbocycles. The van der Waals surface area contributed by atoms with Crippen LogP contribution in [0.1, 0.15) is 47.5 Å². The number of hydrogen-bond donors (Lipinski definition) is 1. The molecule has 4 heteroatoms. The number of piperidine rings is 1. The van der Waals surface area contributed by atoms with Crippen molar-refractivity contribution in [1.82, 2.24) is 4.90 Å². The minimum absolute atomic E-state index is 0.199. The van der Waals surface area contributed by atoms with Gasteiger partial charge in [0.05, 0.1) is 5.54 Å². The van der Waals surface area contributed by atoms with E-state index in [0.717, 1.165) is 12.8 Å². The van der Waals surface area contributed by atoms with Gasteiger partial charge >= 0.3 is 6.09 Å². The number of carbonyl (C=O) groups is 1. The molecule has 2 N–H and O–H groups in total. The number of carbonyl (C=O) groups excluding carboxylic acids is 1. The van der Waals surface area contributed by atoms with Crippen LogP contribution in [0.2, 0.25) is 0 Å². The van der Waals surface area contributed by atoms with Gasteiger partial charge in [-0.15, -0.1) is 0 Å². The van der Waals surface area contributed by atoms with Gasteiger partial charge in [-0.1, -0.05) is 6.92 Å². The smallest absolute Gasteiger partial charge is 0.411 e. The predicted molar refractivity (Wildman–Crippen MR) is 71.2 cm³/mol. The van der Waals surface area contributed by atoms with Gasteiger partial charge in [0, 0.05) is 12.6 Å². The molecule has 1 saturated heterocycles. The predicted octanol–water partition coefficient (Wildman–Crippen LogP) is 2.37. The van der Waals surface area contributed by atoms with Crippen LogP contribution in [0.25, 0.3) is 0 Å². The highest BCUT2D eigenvalue weighted by molar-refractivity contribution is 5.70.